The fourth-order valence-electron chi connectivity index (χ4n) is 2.70. The number of nitrogens with one attached hydrogen (secondary N) is 1. The number of halogens is 1. The topological polar surface area (TPSA) is 77.0 Å². The second-order valence-corrected chi connectivity index (χ2v) is 7.86. The number of benzene rings is 2. The van der Waals surface area contributed by atoms with Crippen molar-refractivity contribution in [3.63, 3.8) is 0 Å². The van der Waals surface area contributed by atoms with Crippen LogP contribution in [0.5, 0.6) is 17.2 Å². The lowest BCUT2D eigenvalue weighted by Crippen LogP contribution is -2.33. The molecule has 0 aromatic heterocycles. The summed E-state index contributed by atoms with van der Waals surface area (Å²) in [6.07, 6.45) is 0. The number of thioether (sulfide) groups is 1. The largest absolute Gasteiger partial charge is 0.493 e. The predicted molar refractivity (Wildman–Crippen MR) is 108 cm³/mol. The average molecular weight is 454 g/mol. The lowest BCUT2D eigenvalue weighted by molar-refractivity contribution is -0.138. The van der Waals surface area contributed by atoms with E-state index in [0.717, 1.165) is 15.8 Å². The van der Waals surface area contributed by atoms with Crippen LogP contribution < -0.4 is 19.5 Å². The second-order valence-electron chi connectivity index (χ2n) is 5.81. The monoisotopic (exact) mass is 453 g/mol. The molecule has 1 aliphatic rings. The van der Waals surface area contributed by atoms with E-state index in [1.54, 1.807) is 7.11 Å². The van der Waals surface area contributed by atoms with Crippen LogP contribution >= 0.6 is 27.7 Å². The standard InChI is InChI=1S/C19H20BrNO5S/c1-24-16-10-12(20)9-14(18-21-15(11-27-18)19(22)23)17(16)26-8-7-25-13-5-3-2-4-6-13/h2-6,9-10,15,18,21H,7-8,11H2,1H3,(H,22,23). The molecule has 1 aliphatic heterocycles. The van der Waals surface area contributed by atoms with Crippen LogP contribution in [0, 0.1) is 0 Å². The normalized spacial score (nSPS) is 18.9. The van der Waals surface area contributed by atoms with E-state index in [9.17, 15) is 9.90 Å². The first-order chi connectivity index (χ1) is 13.1. The van der Waals surface area contributed by atoms with E-state index >= 15 is 0 Å². The Kier molecular flexibility index (Phi) is 6.87. The van der Waals surface area contributed by atoms with Crippen LogP contribution in [0.2, 0.25) is 0 Å². The van der Waals surface area contributed by atoms with Crippen LogP contribution in [0.25, 0.3) is 0 Å². The van der Waals surface area contributed by atoms with Gasteiger partial charge >= 0.3 is 5.97 Å². The zero-order chi connectivity index (χ0) is 19.2. The molecule has 2 aromatic carbocycles. The van der Waals surface area contributed by atoms with E-state index in [4.69, 9.17) is 14.2 Å². The quantitative estimate of drug-likeness (QED) is 0.589. The minimum Gasteiger partial charge on any atom is -0.493 e. The van der Waals surface area contributed by atoms with Crippen molar-refractivity contribution in [1.29, 1.82) is 0 Å². The van der Waals surface area contributed by atoms with E-state index in [1.807, 2.05) is 42.5 Å². The molecule has 2 atom stereocenters. The molecule has 144 valence electrons. The Balaban J connectivity index is 1.71. The molecule has 0 aliphatic carbocycles. The van der Waals surface area contributed by atoms with Crippen molar-refractivity contribution in [3.05, 3.63) is 52.5 Å². The maximum Gasteiger partial charge on any atom is 0.321 e. The van der Waals surface area contributed by atoms with E-state index < -0.39 is 12.0 Å². The number of para-hydroxylation sites is 1. The van der Waals surface area contributed by atoms with Crippen LogP contribution in [0.3, 0.4) is 0 Å². The molecular weight excluding hydrogens is 434 g/mol. The number of hydrogen-bond donors (Lipinski definition) is 2. The molecule has 0 amide bonds. The number of ether oxygens (including phenoxy) is 3. The average Bonchev–Trinajstić information content (AvgIpc) is 3.16. The lowest BCUT2D eigenvalue weighted by Gasteiger charge is -2.20. The van der Waals surface area contributed by atoms with Gasteiger partial charge in [-0.3, -0.25) is 10.1 Å². The second kappa shape index (κ2) is 9.34. The molecule has 2 aromatic rings. The van der Waals surface area contributed by atoms with Gasteiger partial charge in [-0.25, -0.2) is 0 Å². The molecule has 0 radical (unpaired) electrons. The maximum atomic E-state index is 11.2. The molecular formula is C19H20BrNO5S. The number of methoxy groups -OCH3 is 1. The van der Waals surface area contributed by atoms with Gasteiger partial charge in [0.2, 0.25) is 0 Å². The van der Waals surface area contributed by atoms with E-state index in [1.165, 1.54) is 11.8 Å². The molecule has 0 spiro atoms. The van der Waals surface area contributed by atoms with Crippen molar-refractivity contribution in [2.45, 2.75) is 11.4 Å². The molecule has 1 fully saturated rings. The first-order valence-corrected chi connectivity index (χ1v) is 10.2. The fourth-order valence-corrected chi connectivity index (χ4v) is 4.40. The summed E-state index contributed by atoms with van der Waals surface area (Å²) in [5, 5.41) is 12.2. The summed E-state index contributed by atoms with van der Waals surface area (Å²) >= 11 is 5.01. The van der Waals surface area contributed by atoms with Crippen LogP contribution in [-0.2, 0) is 4.79 Å². The van der Waals surface area contributed by atoms with Crippen molar-refractivity contribution < 1.29 is 24.1 Å². The number of hydrogen-bond acceptors (Lipinski definition) is 6. The SMILES string of the molecule is COc1cc(Br)cc(C2NC(C(=O)O)CS2)c1OCCOc1ccccc1. The summed E-state index contributed by atoms with van der Waals surface area (Å²) in [6, 6.07) is 12.7. The highest BCUT2D eigenvalue weighted by Gasteiger charge is 2.33. The number of carbonyl (C=O) groups is 1. The van der Waals surface area contributed by atoms with Gasteiger partial charge < -0.3 is 19.3 Å². The van der Waals surface area contributed by atoms with Crippen molar-refractivity contribution in [3.8, 4) is 17.2 Å². The van der Waals surface area contributed by atoms with Crippen LogP contribution in [0.15, 0.2) is 46.9 Å². The van der Waals surface area contributed by atoms with E-state index in [0.29, 0.717) is 30.5 Å². The van der Waals surface area contributed by atoms with Gasteiger partial charge in [-0.2, -0.15) is 0 Å². The highest BCUT2D eigenvalue weighted by atomic mass is 79.9. The van der Waals surface area contributed by atoms with Crippen molar-refractivity contribution in [2.75, 3.05) is 26.1 Å². The van der Waals surface area contributed by atoms with Gasteiger partial charge in [0.1, 0.15) is 25.0 Å². The summed E-state index contributed by atoms with van der Waals surface area (Å²) in [7, 11) is 1.58. The predicted octanol–water partition coefficient (Wildman–Crippen LogP) is 3.70. The van der Waals surface area contributed by atoms with Gasteiger partial charge in [-0.05, 0) is 24.3 Å². The molecule has 1 heterocycles. The highest BCUT2D eigenvalue weighted by Crippen LogP contribution is 2.44. The summed E-state index contributed by atoms with van der Waals surface area (Å²) in [4.78, 5) is 11.2. The molecule has 2 N–H and O–H groups in total. The molecule has 3 rings (SSSR count). The molecule has 1 saturated heterocycles. The van der Waals surface area contributed by atoms with Crippen molar-refractivity contribution in [2.24, 2.45) is 0 Å². The third kappa shape index (κ3) is 5.09. The molecule has 27 heavy (non-hydrogen) atoms. The Labute approximate surface area is 170 Å². The maximum absolute atomic E-state index is 11.2. The minimum absolute atomic E-state index is 0.192. The van der Waals surface area contributed by atoms with E-state index in [2.05, 4.69) is 21.2 Å². The molecule has 0 bridgehead atoms. The summed E-state index contributed by atoms with van der Waals surface area (Å²) < 4.78 is 17.9. The third-order valence-corrected chi connectivity index (χ3v) is 5.68. The lowest BCUT2D eigenvalue weighted by atomic mass is 10.1. The summed E-state index contributed by atoms with van der Waals surface area (Å²) in [5.74, 6) is 1.59. The first kappa shape index (κ1) is 19.9. The number of carboxylic acids is 1. The Hall–Kier alpha value is -1.90. The Morgan fingerprint density at radius 2 is 2.00 bits per heavy atom. The summed E-state index contributed by atoms with van der Waals surface area (Å²) in [5.41, 5.74) is 0.842. The molecule has 6 nitrogen and oxygen atoms in total. The zero-order valence-electron chi connectivity index (χ0n) is 14.7. The van der Waals surface area contributed by atoms with Gasteiger partial charge in [0.05, 0.1) is 12.5 Å². The highest BCUT2D eigenvalue weighted by molar-refractivity contribution is 9.10. The van der Waals surface area contributed by atoms with Gasteiger partial charge in [0.25, 0.3) is 0 Å². The number of carboxylic acid groups (broad SMARTS) is 1. The fraction of sp³-hybridized carbons (Fsp3) is 0.316. The van der Waals surface area contributed by atoms with Crippen LogP contribution in [0.1, 0.15) is 10.9 Å². The van der Waals surface area contributed by atoms with Gasteiger partial charge in [0.15, 0.2) is 11.5 Å². The van der Waals surface area contributed by atoms with Gasteiger partial charge in [0, 0.05) is 15.8 Å². The molecule has 8 heteroatoms. The Morgan fingerprint density at radius 3 is 2.67 bits per heavy atom. The van der Waals surface area contributed by atoms with Crippen molar-refractivity contribution >= 4 is 33.7 Å². The molecule has 2 unspecified atom stereocenters. The van der Waals surface area contributed by atoms with Crippen molar-refractivity contribution in [1.82, 2.24) is 5.32 Å². The molecule has 0 saturated carbocycles. The Morgan fingerprint density at radius 1 is 1.26 bits per heavy atom. The smallest absolute Gasteiger partial charge is 0.321 e. The van der Waals surface area contributed by atoms with Crippen LogP contribution in [-0.4, -0.2) is 43.2 Å². The third-order valence-electron chi connectivity index (χ3n) is 3.97. The summed E-state index contributed by atoms with van der Waals surface area (Å²) in [6.45, 7) is 0.714. The van der Waals surface area contributed by atoms with Gasteiger partial charge in [-0.1, -0.05) is 34.1 Å². The minimum atomic E-state index is -0.856. The van der Waals surface area contributed by atoms with E-state index in [-0.39, 0.29) is 5.37 Å². The Bertz CT molecular complexity index is 789. The number of aliphatic carboxylic acids is 1. The van der Waals surface area contributed by atoms with Gasteiger partial charge in [-0.15, -0.1) is 11.8 Å². The number of rotatable bonds is 8. The first-order valence-electron chi connectivity index (χ1n) is 8.37. The van der Waals surface area contributed by atoms with Crippen LogP contribution in [0.4, 0.5) is 0 Å². The zero-order valence-corrected chi connectivity index (χ0v) is 17.1.